The third kappa shape index (κ3) is 4.57. The van der Waals surface area contributed by atoms with Crippen molar-refractivity contribution >= 4 is 17.5 Å². The molecule has 2 aromatic carbocycles. The molecule has 2 rings (SSSR count). The van der Waals surface area contributed by atoms with E-state index in [0.717, 1.165) is 0 Å². The Bertz CT molecular complexity index is 670. The Balaban J connectivity index is 2.29. The van der Waals surface area contributed by atoms with Crippen LogP contribution in [0, 0.1) is 0 Å². The van der Waals surface area contributed by atoms with Crippen LogP contribution in [0.2, 0.25) is 0 Å². The molecule has 0 spiro atoms. The van der Waals surface area contributed by atoms with Crippen LogP contribution in [0.3, 0.4) is 0 Å². The Labute approximate surface area is 147 Å². The van der Waals surface area contributed by atoms with Crippen molar-refractivity contribution in [3.05, 3.63) is 83.9 Å². The molecular weight excluding hydrogens is 320 g/mol. The average Bonchev–Trinajstić information content (AvgIpc) is 2.62. The summed E-state index contributed by atoms with van der Waals surface area (Å²) in [5.41, 5.74) is 0.0637. The van der Waals surface area contributed by atoms with Crippen molar-refractivity contribution in [2.45, 2.75) is 12.0 Å². The molecule has 0 amide bonds. The lowest BCUT2D eigenvalue weighted by atomic mass is 9.81. The maximum Gasteiger partial charge on any atom is 0.199 e. The molecule has 24 heavy (non-hydrogen) atoms. The van der Waals surface area contributed by atoms with Crippen LogP contribution < -0.4 is 0 Å². The van der Waals surface area contributed by atoms with E-state index in [4.69, 9.17) is 4.74 Å². The van der Waals surface area contributed by atoms with Crippen molar-refractivity contribution in [2.24, 2.45) is 0 Å². The Morgan fingerprint density at radius 3 is 2.29 bits per heavy atom. The summed E-state index contributed by atoms with van der Waals surface area (Å²) < 4.78 is 5.45. The highest BCUT2D eigenvalue weighted by Crippen LogP contribution is 2.32. The van der Waals surface area contributed by atoms with Gasteiger partial charge in [-0.3, -0.25) is 4.79 Å². The second kappa shape index (κ2) is 8.83. The highest BCUT2D eigenvalue weighted by Gasteiger charge is 2.38. The summed E-state index contributed by atoms with van der Waals surface area (Å²) in [6, 6.07) is 17.8. The lowest BCUT2D eigenvalue weighted by molar-refractivity contribution is 0.0281. The molecule has 0 saturated heterocycles. The number of ketones is 1. The van der Waals surface area contributed by atoms with E-state index in [1.807, 2.05) is 30.5 Å². The fourth-order valence-electron chi connectivity index (χ4n) is 2.54. The number of benzene rings is 2. The summed E-state index contributed by atoms with van der Waals surface area (Å²) in [6.07, 6.45) is 2.07. The fourth-order valence-corrected chi connectivity index (χ4v) is 2.79. The Kier molecular flexibility index (Phi) is 6.79. The van der Waals surface area contributed by atoms with Gasteiger partial charge in [-0.1, -0.05) is 67.2 Å². The summed E-state index contributed by atoms with van der Waals surface area (Å²) in [5.74, 6) is 0.218. The van der Waals surface area contributed by atoms with Gasteiger partial charge in [0, 0.05) is 12.0 Å². The van der Waals surface area contributed by atoms with Crippen LogP contribution in [0.1, 0.15) is 22.3 Å². The molecule has 2 aromatic rings. The molecule has 0 aliphatic heterocycles. The monoisotopic (exact) mass is 342 g/mol. The van der Waals surface area contributed by atoms with E-state index in [9.17, 15) is 9.90 Å². The number of ether oxygens (including phenoxy) is 1. The molecule has 0 saturated carbocycles. The minimum Gasteiger partial charge on any atom is -0.377 e. The first kappa shape index (κ1) is 18.5. The zero-order valence-electron chi connectivity index (χ0n) is 13.8. The van der Waals surface area contributed by atoms with Gasteiger partial charge in [-0.25, -0.2) is 0 Å². The number of Topliss-reactive ketones (excluding diaryl/α,β-unsaturated/α-hetero) is 1. The Morgan fingerprint density at radius 1 is 1.12 bits per heavy atom. The first-order chi connectivity index (χ1) is 11.6. The van der Waals surface area contributed by atoms with Crippen LogP contribution in [0.25, 0.3) is 0 Å². The predicted molar refractivity (Wildman–Crippen MR) is 99.2 cm³/mol. The summed E-state index contributed by atoms with van der Waals surface area (Å²) in [5, 5.41) is 11.3. The molecule has 4 heteroatoms. The van der Waals surface area contributed by atoms with Crippen molar-refractivity contribution in [1.29, 1.82) is 0 Å². The van der Waals surface area contributed by atoms with Gasteiger partial charge >= 0.3 is 0 Å². The van der Waals surface area contributed by atoms with Gasteiger partial charge in [0.05, 0.1) is 12.5 Å². The van der Waals surface area contributed by atoms with Crippen LogP contribution in [-0.2, 0) is 10.3 Å². The van der Waals surface area contributed by atoms with Gasteiger partial charge in [0.1, 0.15) is 0 Å². The maximum atomic E-state index is 13.0. The second-order valence-corrected chi connectivity index (χ2v) is 6.42. The van der Waals surface area contributed by atoms with E-state index in [0.29, 0.717) is 29.2 Å². The molecule has 0 fully saturated rings. The molecule has 0 heterocycles. The predicted octanol–water partition coefficient (Wildman–Crippen LogP) is 4.04. The molecule has 1 atom stereocenters. The Morgan fingerprint density at radius 2 is 1.71 bits per heavy atom. The fraction of sp³-hybridized carbons (Fsp3) is 0.250. The number of rotatable bonds is 9. The summed E-state index contributed by atoms with van der Waals surface area (Å²) in [4.78, 5) is 13.0. The summed E-state index contributed by atoms with van der Waals surface area (Å²) >= 11 is 1.57. The van der Waals surface area contributed by atoms with E-state index in [1.54, 1.807) is 48.2 Å². The molecule has 0 aliphatic rings. The van der Waals surface area contributed by atoms with Crippen molar-refractivity contribution in [3.63, 3.8) is 0 Å². The molecule has 1 unspecified atom stereocenters. The molecule has 0 radical (unpaired) electrons. The van der Waals surface area contributed by atoms with Crippen LogP contribution in [-0.4, -0.2) is 29.7 Å². The van der Waals surface area contributed by atoms with Crippen LogP contribution in [0.4, 0.5) is 0 Å². The first-order valence-electron chi connectivity index (χ1n) is 7.69. The summed E-state index contributed by atoms with van der Waals surface area (Å²) in [7, 11) is 0. The van der Waals surface area contributed by atoms with Crippen LogP contribution in [0.15, 0.2) is 72.8 Å². The van der Waals surface area contributed by atoms with Crippen molar-refractivity contribution < 1.29 is 14.6 Å². The zero-order valence-corrected chi connectivity index (χ0v) is 14.6. The number of thioether (sulfide) groups is 1. The van der Waals surface area contributed by atoms with Crippen LogP contribution >= 0.6 is 11.8 Å². The molecular formula is C20H22O3S. The third-order valence-corrected chi connectivity index (χ3v) is 4.08. The third-order valence-electron chi connectivity index (χ3n) is 3.68. The van der Waals surface area contributed by atoms with Gasteiger partial charge in [-0.05, 0) is 17.4 Å². The van der Waals surface area contributed by atoms with Crippen molar-refractivity contribution in [2.75, 3.05) is 18.8 Å². The largest absolute Gasteiger partial charge is 0.377 e. The van der Waals surface area contributed by atoms with E-state index in [1.165, 1.54) is 0 Å². The zero-order chi connectivity index (χ0) is 17.4. The van der Waals surface area contributed by atoms with Gasteiger partial charge in [-0.15, -0.1) is 11.8 Å². The lowest BCUT2D eigenvalue weighted by Gasteiger charge is -2.28. The Hall–Kier alpha value is -1.88. The van der Waals surface area contributed by atoms with Gasteiger partial charge in [0.2, 0.25) is 0 Å². The number of hydrogen-bond donors (Lipinski definition) is 1. The van der Waals surface area contributed by atoms with Crippen molar-refractivity contribution in [1.82, 2.24) is 0 Å². The van der Waals surface area contributed by atoms with Gasteiger partial charge in [0.25, 0.3) is 0 Å². The second-order valence-electron chi connectivity index (χ2n) is 5.60. The topological polar surface area (TPSA) is 46.5 Å². The summed E-state index contributed by atoms with van der Waals surface area (Å²) in [6.45, 7) is 4.28. The minimum absolute atomic E-state index is 0.124. The highest BCUT2D eigenvalue weighted by molar-refractivity contribution is 7.98. The standard InChI is InChI=1S/C20H22O3S/c1-16(14-23-15-24-2)13-20(22,18-11-7-4-8-12-18)19(21)17-9-5-3-6-10-17/h3-12,22H,1,13-15H2,2H3. The molecule has 1 N–H and O–H groups in total. The molecule has 0 aromatic heterocycles. The van der Waals surface area contributed by atoms with Gasteiger partial charge < -0.3 is 9.84 Å². The first-order valence-corrected chi connectivity index (χ1v) is 9.08. The molecule has 126 valence electrons. The number of hydrogen-bond acceptors (Lipinski definition) is 4. The maximum absolute atomic E-state index is 13.0. The number of carbonyl (C=O) groups excluding carboxylic acids is 1. The SMILES string of the molecule is C=C(COCSC)CC(O)(C(=O)c1ccccc1)c1ccccc1. The molecule has 0 aliphatic carbocycles. The lowest BCUT2D eigenvalue weighted by Crippen LogP contribution is -2.36. The molecule has 3 nitrogen and oxygen atoms in total. The number of carbonyl (C=O) groups is 1. The minimum atomic E-state index is -1.65. The van der Waals surface area contributed by atoms with E-state index >= 15 is 0 Å². The smallest absolute Gasteiger partial charge is 0.199 e. The molecule has 0 bridgehead atoms. The van der Waals surface area contributed by atoms with E-state index in [-0.39, 0.29) is 12.2 Å². The quantitative estimate of drug-likeness (QED) is 0.323. The normalized spacial score (nSPS) is 13.2. The van der Waals surface area contributed by atoms with Gasteiger partial charge in [-0.2, -0.15) is 0 Å². The average molecular weight is 342 g/mol. The van der Waals surface area contributed by atoms with Gasteiger partial charge in [0.15, 0.2) is 11.4 Å². The van der Waals surface area contributed by atoms with E-state index < -0.39 is 5.60 Å². The van der Waals surface area contributed by atoms with Crippen molar-refractivity contribution in [3.8, 4) is 0 Å². The number of aliphatic hydroxyl groups is 1. The van der Waals surface area contributed by atoms with E-state index in [2.05, 4.69) is 6.58 Å². The van der Waals surface area contributed by atoms with Crippen LogP contribution in [0.5, 0.6) is 0 Å². The highest BCUT2D eigenvalue weighted by atomic mass is 32.2.